The Morgan fingerprint density at radius 1 is 1.10 bits per heavy atom. The van der Waals surface area contributed by atoms with Gasteiger partial charge >= 0.3 is 0 Å². The van der Waals surface area contributed by atoms with E-state index in [1.807, 2.05) is 4.90 Å². The fourth-order valence-electron chi connectivity index (χ4n) is 3.46. The predicted molar refractivity (Wildman–Crippen MR) is 117 cm³/mol. The molecule has 2 aromatic rings. The van der Waals surface area contributed by atoms with Crippen LogP contribution in [0.3, 0.4) is 0 Å². The zero-order valence-electron chi connectivity index (χ0n) is 17.4. The first-order valence-corrected chi connectivity index (χ1v) is 10.3. The first-order chi connectivity index (χ1) is 14.9. The maximum absolute atomic E-state index is 13.0. The smallest absolute Gasteiger partial charge is 0.251 e. The summed E-state index contributed by atoms with van der Waals surface area (Å²) in [5.41, 5.74) is 0.898. The van der Waals surface area contributed by atoms with Crippen LogP contribution in [0.15, 0.2) is 36.4 Å². The number of halogens is 2. The number of carbonyl (C=O) groups excluding carboxylic acids is 2. The van der Waals surface area contributed by atoms with Crippen LogP contribution in [0.4, 0.5) is 10.1 Å². The number of nitrogens with one attached hydrogen (secondary N) is 2. The molecule has 1 saturated heterocycles. The van der Waals surface area contributed by atoms with Crippen molar-refractivity contribution in [2.75, 3.05) is 39.2 Å². The molecule has 166 valence electrons. The molecule has 1 aliphatic heterocycles. The lowest BCUT2D eigenvalue weighted by Gasteiger charge is -2.31. The van der Waals surface area contributed by atoms with E-state index in [0.29, 0.717) is 40.9 Å². The van der Waals surface area contributed by atoms with E-state index < -0.39 is 0 Å². The van der Waals surface area contributed by atoms with Crippen molar-refractivity contribution in [1.82, 2.24) is 10.2 Å². The van der Waals surface area contributed by atoms with E-state index in [1.54, 1.807) is 12.1 Å². The third-order valence-corrected chi connectivity index (χ3v) is 5.44. The molecule has 31 heavy (non-hydrogen) atoms. The number of carbonyl (C=O) groups is 2. The molecule has 2 amide bonds. The molecular formula is C22H25ClFN3O4. The molecule has 1 aliphatic rings. The number of methoxy groups -OCH3 is 2. The minimum Gasteiger partial charge on any atom is -0.495 e. The number of rotatable bonds is 7. The van der Waals surface area contributed by atoms with E-state index in [-0.39, 0.29) is 30.2 Å². The van der Waals surface area contributed by atoms with Gasteiger partial charge in [0.1, 0.15) is 17.3 Å². The number of hydrogen-bond donors (Lipinski definition) is 2. The van der Waals surface area contributed by atoms with Gasteiger partial charge in [-0.1, -0.05) is 11.6 Å². The molecule has 0 atom stereocenters. The quantitative estimate of drug-likeness (QED) is 0.677. The van der Waals surface area contributed by atoms with Crippen LogP contribution in [0, 0.1) is 5.82 Å². The molecule has 9 heteroatoms. The van der Waals surface area contributed by atoms with Gasteiger partial charge in [0.05, 0.1) is 31.5 Å². The van der Waals surface area contributed by atoms with Crippen molar-refractivity contribution in [3.05, 3.63) is 52.8 Å². The Morgan fingerprint density at radius 3 is 2.35 bits per heavy atom. The largest absolute Gasteiger partial charge is 0.495 e. The average Bonchev–Trinajstić information content (AvgIpc) is 2.75. The zero-order chi connectivity index (χ0) is 22.4. The number of nitrogens with zero attached hydrogens (tertiary/aromatic N) is 1. The van der Waals surface area contributed by atoms with Gasteiger partial charge in [-0.05, 0) is 43.2 Å². The van der Waals surface area contributed by atoms with Crippen molar-refractivity contribution in [3.63, 3.8) is 0 Å². The third-order valence-electron chi connectivity index (χ3n) is 5.14. The molecule has 0 saturated carbocycles. The molecule has 1 heterocycles. The number of benzene rings is 2. The molecule has 0 radical (unpaired) electrons. The molecule has 2 aromatic carbocycles. The lowest BCUT2D eigenvalue weighted by Crippen LogP contribution is -2.46. The predicted octanol–water partition coefficient (Wildman–Crippen LogP) is 3.33. The normalized spacial score (nSPS) is 14.7. The van der Waals surface area contributed by atoms with Gasteiger partial charge in [-0.15, -0.1) is 0 Å². The summed E-state index contributed by atoms with van der Waals surface area (Å²) < 4.78 is 23.5. The van der Waals surface area contributed by atoms with Crippen molar-refractivity contribution < 1.29 is 23.5 Å². The van der Waals surface area contributed by atoms with Crippen LogP contribution in [-0.2, 0) is 4.79 Å². The number of hydrogen-bond acceptors (Lipinski definition) is 5. The lowest BCUT2D eigenvalue weighted by molar-refractivity contribution is -0.117. The van der Waals surface area contributed by atoms with Crippen LogP contribution in [0.25, 0.3) is 0 Å². The Morgan fingerprint density at radius 2 is 1.74 bits per heavy atom. The van der Waals surface area contributed by atoms with Crippen LogP contribution in [-0.4, -0.2) is 56.6 Å². The van der Waals surface area contributed by atoms with Gasteiger partial charge in [0.2, 0.25) is 5.91 Å². The molecule has 0 aromatic heterocycles. The van der Waals surface area contributed by atoms with E-state index in [1.165, 1.54) is 38.5 Å². The molecule has 1 fully saturated rings. The number of anilines is 1. The third kappa shape index (κ3) is 6.08. The molecule has 3 rings (SSSR count). The minimum absolute atomic E-state index is 0.0114. The van der Waals surface area contributed by atoms with Crippen LogP contribution in [0.2, 0.25) is 5.02 Å². The van der Waals surface area contributed by atoms with E-state index in [2.05, 4.69) is 10.6 Å². The molecule has 0 bridgehead atoms. The summed E-state index contributed by atoms with van der Waals surface area (Å²) in [6.07, 6.45) is 1.44. The minimum atomic E-state index is -0.377. The maximum atomic E-state index is 13.0. The lowest BCUT2D eigenvalue weighted by atomic mass is 10.0. The standard InChI is InChI=1S/C22H25ClFN3O4/c1-30-19-12-20(31-2)18(11-17(19)23)26-21(28)13-27-9-7-16(8-10-27)25-22(29)14-3-5-15(24)6-4-14/h3-6,11-12,16H,7-10,13H2,1-2H3,(H,25,29)(H,26,28). The molecular weight excluding hydrogens is 425 g/mol. The van der Waals surface area contributed by atoms with Crippen LogP contribution in [0.1, 0.15) is 23.2 Å². The van der Waals surface area contributed by atoms with Crippen LogP contribution < -0.4 is 20.1 Å². The highest BCUT2D eigenvalue weighted by molar-refractivity contribution is 6.32. The summed E-state index contributed by atoms with van der Waals surface area (Å²) in [5.74, 6) is 0.128. The SMILES string of the molecule is COc1cc(OC)c(NC(=O)CN2CCC(NC(=O)c3ccc(F)cc3)CC2)cc1Cl. The number of piperidine rings is 1. The molecule has 2 N–H and O–H groups in total. The number of likely N-dealkylation sites (tertiary alicyclic amines) is 1. The number of ether oxygens (including phenoxy) is 2. The van der Waals surface area contributed by atoms with Crippen LogP contribution >= 0.6 is 11.6 Å². The highest BCUT2D eigenvalue weighted by atomic mass is 35.5. The van der Waals surface area contributed by atoms with Gasteiger partial charge in [-0.2, -0.15) is 0 Å². The van der Waals surface area contributed by atoms with Gasteiger partial charge in [0.15, 0.2) is 0 Å². The molecule has 0 spiro atoms. The Kier molecular flexibility index (Phi) is 7.70. The number of amides is 2. The van der Waals surface area contributed by atoms with Crippen molar-refractivity contribution in [1.29, 1.82) is 0 Å². The topological polar surface area (TPSA) is 79.9 Å². The maximum Gasteiger partial charge on any atom is 0.251 e. The highest BCUT2D eigenvalue weighted by Gasteiger charge is 2.23. The van der Waals surface area contributed by atoms with Gasteiger partial charge in [-0.25, -0.2) is 4.39 Å². The Balaban J connectivity index is 1.48. The zero-order valence-corrected chi connectivity index (χ0v) is 18.2. The summed E-state index contributed by atoms with van der Waals surface area (Å²) in [6, 6.07) is 8.68. The molecule has 7 nitrogen and oxygen atoms in total. The second-order valence-electron chi connectivity index (χ2n) is 7.27. The van der Waals surface area contributed by atoms with Crippen molar-refractivity contribution >= 4 is 29.1 Å². The van der Waals surface area contributed by atoms with Crippen molar-refractivity contribution in [2.24, 2.45) is 0 Å². The Bertz CT molecular complexity index is 931. The summed E-state index contributed by atoms with van der Waals surface area (Å²) in [5, 5.41) is 6.16. The highest BCUT2D eigenvalue weighted by Crippen LogP contribution is 2.35. The van der Waals surface area contributed by atoms with Crippen molar-refractivity contribution in [2.45, 2.75) is 18.9 Å². The molecule has 0 aliphatic carbocycles. The van der Waals surface area contributed by atoms with E-state index in [9.17, 15) is 14.0 Å². The Labute approximate surface area is 185 Å². The van der Waals surface area contributed by atoms with E-state index in [0.717, 1.165) is 12.8 Å². The van der Waals surface area contributed by atoms with E-state index >= 15 is 0 Å². The summed E-state index contributed by atoms with van der Waals surface area (Å²) in [4.78, 5) is 26.8. The van der Waals surface area contributed by atoms with E-state index in [4.69, 9.17) is 21.1 Å². The fraction of sp³-hybridized carbons (Fsp3) is 0.364. The molecule has 0 unspecified atom stereocenters. The second-order valence-corrected chi connectivity index (χ2v) is 7.67. The van der Waals surface area contributed by atoms with Gasteiger partial charge < -0.3 is 20.1 Å². The second kappa shape index (κ2) is 10.5. The van der Waals surface area contributed by atoms with Crippen molar-refractivity contribution in [3.8, 4) is 11.5 Å². The first kappa shape index (κ1) is 22.8. The van der Waals surface area contributed by atoms with Gasteiger partial charge in [0.25, 0.3) is 5.91 Å². The average molecular weight is 450 g/mol. The summed E-state index contributed by atoms with van der Waals surface area (Å²) in [7, 11) is 3.01. The summed E-state index contributed by atoms with van der Waals surface area (Å²) >= 11 is 6.15. The van der Waals surface area contributed by atoms with Crippen LogP contribution in [0.5, 0.6) is 11.5 Å². The fourth-order valence-corrected chi connectivity index (χ4v) is 3.70. The van der Waals surface area contributed by atoms with Gasteiger partial charge in [-0.3, -0.25) is 14.5 Å². The Hall–Kier alpha value is -2.84. The first-order valence-electron chi connectivity index (χ1n) is 9.89. The monoisotopic (exact) mass is 449 g/mol. The van der Waals surface area contributed by atoms with Gasteiger partial charge in [0, 0.05) is 30.8 Å². The summed E-state index contributed by atoms with van der Waals surface area (Å²) in [6.45, 7) is 1.55.